The maximum Gasteiger partial charge on any atom is 0.338 e. The van der Waals surface area contributed by atoms with Gasteiger partial charge in [-0.2, -0.15) is 9.78 Å². The molecule has 2 heterocycles. The van der Waals surface area contributed by atoms with Gasteiger partial charge in [-0.1, -0.05) is 12.1 Å². The van der Waals surface area contributed by atoms with Gasteiger partial charge < -0.3 is 10.1 Å². The van der Waals surface area contributed by atoms with Gasteiger partial charge in [0, 0.05) is 5.69 Å². The zero-order valence-electron chi connectivity index (χ0n) is 15.6. The number of hydrogen-bond acceptors (Lipinski definition) is 5. The lowest BCUT2D eigenvalue weighted by Gasteiger charge is -2.32. The van der Waals surface area contributed by atoms with Gasteiger partial charge in [-0.05, 0) is 34.8 Å². The van der Waals surface area contributed by atoms with Crippen LogP contribution in [0.1, 0.15) is 44.1 Å². The number of carbonyl (C=O) groups excluding carboxylic acids is 2. The molecule has 1 aliphatic rings. The maximum atomic E-state index is 14.2. The SMILES string of the molecule is COC(=O)c1cc(F)cc2c1C(=O)[C@H](c1nc[nH][n+]1C)[C@@H](c1ccc(F)cc1)N2. The average molecular weight is 399 g/mol. The molecule has 0 radical (unpaired) electrons. The number of Topliss-reactive ketones (excluding diaryl/α,β-unsaturated/α-hetero) is 1. The summed E-state index contributed by atoms with van der Waals surface area (Å²) in [5, 5.41) is 5.99. The van der Waals surface area contributed by atoms with Crippen molar-refractivity contribution in [3.05, 3.63) is 76.9 Å². The summed E-state index contributed by atoms with van der Waals surface area (Å²) in [5.74, 6) is -2.79. The Morgan fingerprint density at radius 1 is 1.17 bits per heavy atom. The standard InChI is InChI=1S/C20H16F2N4O3/c1-26-19(23-9-24-26)16-17(10-3-5-11(21)6-4-10)25-14-8-12(22)7-13(20(28)29-2)15(14)18(16)27/h3-9,16-17H,1-2H3,(H,25,27)/p+1/t16-,17-/m1/s1. The molecular weight excluding hydrogens is 382 g/mol. The molecule has 2 atom stereocenters. The molecule has 1 aromatic heterocycles. The number of esters is 1. The van der Waals surface area contributed by atoms with E-state index in [4.69, 9.17) is 4.74 Å². The van der Waals surface area contributed by atoms with Gasteiger partial charge in [-0.15, -0.1) is 0 Å². The van der Waals surface area contributed by atoms with Crippen LogP contribution in [0.4, 0.5) is 14.5 Å². The van der Waals surface area contributed by atoms with E-state index in [2.05, 4.69) is 15.4 Å². The largest absolute Gasteiger partial charge is 0.465 e. The van der Waals surface area contributed by atoms with Crippen molar-refractivity contribution in [2.24, 2.45) is 7.05 Å². The van der Waals surface area contributed by atoms with Gasteiger partial charge >= 0.3 is 11.8 Å². The van der Waals surface area contributed by atoms with Gasteiger partial charge in [0.05, 0.1) is 24.3 Å². The third-order valence-electron chi connectivity index (χ3n) is 4.98. The minimum atomic E-state index is -0.849. The number of nitrogens with zero attached hydrogens (tertiary/aromatic N) is 2. The Balaban J connectivity index is 1.93. The van der Waals surface area contributed by atoms with Gasteiger partial charge in [0.1, 0.15) is 18.7 Å². The molecule has 0 bridgehead atoms. The summed E-state index contributed by atoms with van der Waals surface area (Å²) >= 11 is 0. The number of hydrogen-bond donors (Lipinski definition) is 2. The predicted octanol–water partition coefficient (Wildman–Crippen LogP) is 2.43. The van der Waals surface area contributed by atoms with Crippen LogP contribution < -0.4 is 10.00 Å². The monoisotopic (exact) mass is 399 g/mol. The molecule has 1 aliphatic heterocycles. The summed E-state index contributed by atoms with van der Waals surface area (Å²) in [6.45, 7) is 0. The molecule has 9 heteroatoms. The van der Waals surface area contributed by atoms with Gasteiger partial charge in [-0.3, -0.25) is 4.79 Å². The summed E-state index contributed by atoms with van der Waals surface area (Å²) < 4.78 is 33.9. The van der Waals surface area contributed by atoms with Crippen LogP contribution in [0.5, 0.6) is 0 Å². The van der Waals surface area contributed by atoms with Crippen LogP contribution in [0.15, 0.2) is 42.7 Å². The van der Waals surface area contributed by atoms with Gasteiger partial charge in [0.25, 0.3) is 0 Å². The normalized spacial score (nSPS) is 18.1. The van der Waals surface area contributed by atoms with Crippen molar-refractivity contribution in [1.29, 1.82) is 0 Å². The fourth-order valence-corrected chi connectivity index (χ4v) is 3.65. The number of fused-ring (bicyclic) bond motifs is 1. The quantitative estimate of drug-likeness (QED) is 0.522. The van der Waals surface area contributed by atoms with Crippen molar-refractivity contribution in [1.82, 2.24) is 10.1 Å². The molecule has 0 unspecified atom stereocenters. The first kappa shape index (κ1) is 18.7. The lowest BCUT2D eigenvalue weighted by atomic mass is 9.80. The number of halogens is 2. The van der Waals surface area contributed by atoms with Crippen molar-refractivity contribution in [2.45, 2.75) is 12.0 Å². The second kappa shape index (κ2) is 7.08. The summed E-state index contributed by atoms with van der Waals surface area (Å²) in [6, 6.07) is 7.13. The lowest BCUT2D eigenvalue weighted by molar-refractivity contribution is -0.735. The van der Waals surface area contributed by atoms with E-state index in [1.807, 2.05) is 0 Å². The van der Waals surface area contributed by atoms with Crippen LogP contribution in [0.2, 0.25) is 0 Å². The smallest absolute Gasteiger partial charge is 0.338 e. The van der Waals surface area contributed by atoms with E-state index in [1.54, 1.807) is 23.9 Å². The molecule has 7 nitrogen and oxygen atoms in total. The zero-order valence-corrected chi connectivity index (χ0v) is 15.6. The molecule has 0 aliphatic carbocycles. The second-order valence-corrected chi connectivity index (χ2v) is 6.69. The molecule has 4 rings (SSSR count). The fraction of sp³-hybridized carbons (Fsp3) is 0.200. The number of benzene rings is 2. The molecule has 0 saturated heterocycles. The third-order valence-corrected chi connectivity index (χ3v) is 4.98. The van der Waals surface area contributed by atoms with Crippen LogP contribution in [-0.4, -0.2) is 28.9 Å². The van der Waals surface area contributed by atoms with Crippen molar-refractivity contribution >= 4 is 17.4 Å². The minimum absolute atomic E-state index is 0.0320. The number of ether oxygens (including phenoxy) is 1. The average Bonchev–Trinajstić information content (AvgIpc) is 3.12. The number of anilines is 1. The van der Waals surface area contributed by atoms with Crippen LogP contribution in [-0.2, 0) is 11.8 Å². The highest BCUT2D eigenvalue weighted by Gasteiger charge is 2.45. The van der Waals surface area contributed by atoms with E-state index < -0.39 is 35.3 Å². The Labute approximate surface area is 164 Å². The number of rotatable bonds is 3. The van der Waals surface area contributed by atoms with E-state index in [9.17, 15) is 18.4 Å². The van der Waals surface area contributed by atoms with Gasteiger partial charge in [0.15, 0.2) is 11.7 Å². The van der Waals surface area contributed by atoms with Crippen molar-refractivity contribution in [3.8, 4) is 0 Å². The van der Waals surface area contributed by atoms with Crippen molar-refractivity contribution in [2.75, 3.05) is 12.4 Å². The third kappa shape index (κ3) is 3.14. The molecule has 3 aromatic rings. The Morgan fingerprint density at radius 2 is 1.90 bits per heavy atom. The number of aryl methyl sites for hydroxylation is 1. The molecule has 0 amide bonds. The molecule has 0 saturated carbocycles. The summed E-state index contributed by atoms with van der Waals surface area (Å²) in [6.07, 6.45) is 1.44. The summed E-state index contributed by atoms with van der Waals surface area (Å²) in [5.41, 5.74) is 0.645. The maximum absolute atomic E-state index is 14.2. The number of carbonyl (C=O) groups is 2. The summed E-state index contributed by atoms with van der Waals surface area (Å²) in [4.78, 5) is 30.0. The van der Waals surface area contributed by atoms with Crippen LogP contribution >= 0.6 is 0 Å². The summed E-state index contributed by atoms with van der Waals surface area (Å²) in [7, 11) is 2.85. The highest BCUT2D eigenvalue weighted by molar-refractivity contribution is 6.14. The first-order chi connectivity index (χ1) is 13.9. The lowest BCUT2D eigenvalue weighted by Crippen LogP contribution is -2.43. The molecule has 0 spiro atoms. The first-order valence-electron chi connectivity index (χ1n) is 8.78. The first-order valence-corrected chi connectivity index (χ1v) is 8.78. The number of ketones is 1. The molecular formula is C20H17F2N4O3+. The van der Waals surface area contributed by atoms with Crippen LogP contribution in [0.3, 0.4) is 0 Å². The topological polar surface area (TPSA) is 88.0 Å². The van der Waals surface area contributed by atoms with Crippen molar-refractivity contribution in [3.63, 3.8) is 0 Å². The van der Waals surface area contributed by atoms with E-state index in [0.29, 0.717) is 11.4 Å². The Kier molecular flexibility index (Phi) is 4.57. The molecule has 0 fully saturated rings. The number of aromatic nitrogens is 3. The minimum Gasteiger partial charge on any atom is -0.465 e. The van der Waals surface area contributed by atoms with Crippen molar-refractivity contribution < 1.29 is 27.8 Å². The van der Waals surface area contributed by atoms with E-state index in [-0.39, 0.29) is 16.8 Å². The second-order valence-electron chi connectivity index (χ2n) is 6.69. The molecule has 29 heavy (non-hydrogen) atoms. The Bertz CT molecular complexity index is 1110. The number of aromatic amines is 1. The number of H-pyrrole nitrogens is 1. The van der Waals surface area contributed by atoms with Gasteiger partial charge in [0.2, 0.25) is 6.33 Å². The highest BCUT2D eigenvalue weighted by atomic mass is 19.1. The number of methoxy groups -OCH3 is 1. The molecule has 2 aromatic carbocycles. The predicted molar refractivity (Wildman–Crippen MR) is 97.3 cm³/mol. The Morgan fingerprint density at radius 3 is 2.52 bits per heavy atom. The van der Waals surface area contributed by atoms with E-state index >= 15 is 0 Å². The van der Waals surface area contributed by atoms with Gasteiger partial charge in [-0.25, -0.2) is 13.6 Å². The molecule has 148 valence electrons. The fourth-order valence-electron chi connectivity index (χ4n) is 3.65. The molecule has 2 N–H and O–H groups in total. The van der Waals surface area contributed by atoms with E-state index in [1.165, 1.54) is 18.5 Å². The van der Waals surface area contributed by atoms with Crippen LogP contribution in [0, 0.1) is 11.6 Å². The zero-order chi connectivity index (χ0) is 20.7. The van der Waals surface area contributed by atoms with Crippen LogP contribution in [0.25, 0.3) is 0 Å². The highest BCUT2D eigenvalue weighted by Crippen LogP contribution is 2.42. The van der Waals surface area contributed by atoms with E-state index in [0.717, 1.165) is 19.2 Å². The number of nitrogens with one attached hydrogen (secondary N) is 2. The Hall–Kier alpha value is -3.62.